The summed E-state index contributed by atoms with van der Waals surface area (Å²) >= 11 is 0. The zero-order valence-corrected chi connectivity index (χ0v) is 11.8. The lowest BCUT2D eigenvalue weighted by Gasteiger charge is -2.17. The van der Waals surface area contributed by atoms with Gasteiger partial charge < -0.3 is 0 Å². The Morgan fingerprint density at radius 3 is 2.47 bits per heavy atom. The maximum atomic E-state index is 5.57. The number of rotatable bonds is 5. The van der Waals surface area contributed by atoms with E-state index in [0.717, 1.165) is 0 Å². The molecule has 2 rings (SSSR count). The van der Waals surface area contributed by atoms with Gasteiger partial charge in [-0.25, -0.2) is 0 Å². The summed E-state index contributed by atoms with van der Waals surface area (Å²) in [5.41, 5.74) is 8.14. The fraction of sp³-hybridized carbons (Fsp3) is 0.294. The smallest absolute Gasteiger partial charge is 0.0933 e. The molecular weight excluding hydrogens is 234 g/mol. The molecule has 0 fully saturated rings. The van der Waals surface area contributed by atoms with Gasteiger partial charge >= 0.3 is 0 Å². The van der Waals surface area contributed by atoms with E-state index in [9.17, 15) is 0 Å². The molecule has 1 unspecified atom stereocenters. The van der Waals surface area contributed by atoms with Gasteiger partial charge in [-0.2, -0.15) is 5.48 Å². The third kappa shape index (κ3) is 3.91. The minimum absolute atomic E-state index is 0.185. The van der Waals surface area contributed by atoms with E-state index in [1.807, 2.05) is 18.2 Å². The molecule has 0 spiro atoms. The Labute approximate surface area is 115 Å². The summed E-state index contributed by atoms with van der Waals surface area (Å²) in [5, 5.41) is 0. The van der Waals surface area contributed by atoms with E-state index in [-0.39, 0.29) is 6.04 Å². The van der Waals surface area contributed by atoms with Crippen LogP contribution in [0.3, 0.4) is 0 Å². The number of aryl methyl sites for hydroxylation is 2. The second-order valence-corrected chi connectivity index (χ2v) is 4.97. The lowest BCUT2D eigenvalue weighted by Crippen LogP contribution is -2.19. The standard InChI is InChI=1S/C17H21NO/c1-13-9-10-17(14(2)11-13)15(3)18-19-12-16-7-5-4-6-8-16/h4-11,15,18H,12H2,1-3H3. The predicted octanol–water partition coefficient (Wildman–Crippen LogP) is 4.09. The molecule has 0 saturated carbocycles. The molecular formula is C17H21NO. The van der Waals surface area contributed by atoms with Crippen LogP contribution < -0.4 is 5.48 Å². The van der Waals surface area contributed by atoms with Crippen LogP contribution >= 0.6 is 0 Å². The van der Waals surface area contributed by atoms with Gasteiger partial charge in [0, 0.05) is 0 Å². The molecule has 1 N–H and O–H groups in total. The van der Waals surface area contributed by atoms with Crippen molar-refractivity contribution in [2.75, 3.05) is 0 Å². The minimum atomic E-state index is 0.185. The highest BCUT2D eigenvalue weighted by molar-refractivity contribution is 5.32. The Balaban J connectivity index is 1.89. The van der Waals surface area contributed by atoms with E-state index in [1.165, 1.54) is 22.3 Å². The monoisotopic (exact) mass is 255 g/mol. The van der Waals surface area contributed by atoms with Gasteiger partial charge in [-0.15, -0.1) is 0 Å². The molecule has 0 radical (unpaired) electrons. The topological polar surface area (TPSA) is 21.3 Å². The van der Waals surface area contributed by atoms with Crippen LogP contribution in [-0.2, 0) is 11.4 Å². The van der Waals surface area contributed by atoms with Gasteiger partial charge in [0.2, 0.25) is 0 Å². The average molecular weight is 255 g/mol. The van der Waals surface area contributed by atoms with Crippen LogP contribution in [-0.4, -0.2) is 0 Å². The molecule has 0 heterocycles. The molecule has 0 aliphatic carbocycles. The first-order valence-corrected chi connectivity index (χ1v) is 6.65. The van der Waals surface area contributed by atoms with E-state index in [4.69, 9.17) is 4.84 Å². The van der Waals surface area contributed by atoms with Crippen LogP contribution in [0.1, 0.15) is 35.2 Å². The zero-order chi connectivity index (χ0) is 13.7. The molecule has 2 heteroatoms. The van der Waals surface area contributed by atoms with Crippen molar-refractivity contribution < 1.29 is 4.84 Å². The van der Waals surface area contributed by atoms with Crippen molar-refractivity contribution in [3.63, 3.8) is 0 Å². The highest BCUT2D eigenvalue weighted by Gasteiger charge is 2.08. The molecule has 1 atom stereocenters. The SMILES string of the molecule is Cc1ccc(C(C)NOCc2ccccc2)c(C)c1. The highest BCUT2D eigenvalue weighted by atomic mass is 16.6. The molecule has 0 aromatic heterocycles. The summed E-state index contributed by atoms with van der Waals surface area (Å²) < 4.78 is 0. The predicted molar refractivity (Wildman–Crippen MR) is 78.7 cm³/mol. The fourth-order valence-corrected chi connectivity index (χ4v) is 2.20. The fourth-order valence-electron chi connectivity index (χ4n) is 2.20. The van der Waals surface area contributed by atoms with Gasteiger partial charge in [0.15, 0.2) is 0 Å². The number of hydrogen-bond donors (Lipinski definition) is 1. The summed E-state index contributed by atoms with van der Waals surface area (Å²) in [6, 6.07) is 16.8. The summed E-state index contributed by atoms with van der Waals surface area (Å²) in [5.74, 6) is 0. The second kappa shape index (κ2) is 6.50. The number of nitrogens with one attached hydrogen (secondary N) is 1. The summed E-state index contributed by atoms with van der Waals surface area (Å²) in [6.45, 7) is 6.94. The van der Waals surface area contributed by atoms with Crippen molar-refractivity contribution >= 4 is 0 Å². The van der Waals surface area contributed by atoms with E-state index in [0.29, 0.717) is 6.61 Å². The van der Waals surface area contributed by atoms with Gasteiger partial charge in [0.05, 0.1) is 12.6 Å². The molecule has 0 aliphatic rings. The summed E-state index contributed by atoms with van der Waals surface area (Å²) in [7, 11) is 0. The lowest BCUT2D eigenvalue weighted by atomic mass is 10.0. The first-order valence-electron chi connectivity index (χ1n) is 6.65. The molecule has 0 bridgehead atoms. The molecule has 0 aliphatic heterocycles. The quantitative estimate of drug-likeness (QED) is 0.813. The Hall–Kier alpha value is -1.64. The van der Waals surface area contributed by atoms with E-state index in [1.54, 1.807) is 0 Å². The molecule has 0 amide bonds. The minimum Gasteiger partial charge on any atom is -0.296 e. The van der Waals surface area contributed by atoms with Crippen molar-refractivity contribution in [3.8, 4) is 0 Å². The maximum absolute atomic E-state index is 5.57. The zero-order valence-electron chi connectivity index (χ0n) is 11.8. The van der Waals surface area contributed by atoms with Crippen molar-refractivity contribution in [2.45, 2.75) is 33.4 Å². The molecule has 2 aromatic carbocycles. The Bertz CT molecular complexity index is 522. The van der Waals surface area contributed by atoms with Crippen LogP contribution in [0.5, 0.6) is 0 Å². The van der Waals surface area contributed by atoms with E-state index in [2.05, 4.69) is 56.6 Å². The van der Waals surface area contributed by atoms with Gasteiger partial charge in [-0.05, 0) is 37.5 Å². The molecule has 100 valence electrons. The molecule has 2 nitrogen and oxygen atoms in total. The van der Waals surface area contributed by atoms with Gasteiger partial charge in [0.25, 0.3) is 0 Å². The van der Waals surface area contributed by atoms with E-state index >= 15 is 0 Å². The Kier molecular flexibility index (Phi) is 4.72. The van der Waals surface area contributed by atoms with Gasteiger partial charge in [-0.1, -0.05) is 54.1 Å². The average Bonchev–Trinajstić information content (AvgIpc) is 2.39. The van der Waals surface area contributed by atoms with Gasteiger partial charge in [0.1, 0.15) is 0 Å². The maximum Gasteiger partial charge on any atom is 0.0933 e. The van der Waals surface area contributed by atoms with Crippen LogP contribution in [0.4, 0.5) is 0 Å². The normalized spacial score (nSPS) is 12.4. The van der Waals surface area contributed by atoms with E-state index < -0.39 is 0 Å². The molecule has 0 saturated heterocycles. The highest BCUT2D eigenvalue weighted by Crippen LogP contribution is 2.18. The number of hydrogen-bond acceptors (Lipinski definition) is 2. The Morgan fingerprint density at radius 2 is 1.79 bits per heavy atom. The van der Waals surface area contributed by atoms with Crippen molar-refractivity contribution in [1.29, 1.82) is 0 Å². The molecule has 2 aromatic rings. The summed E-state index contributed by atoms with van der Waals surface area (Å²) in [4.78, 5) is 5.57. The first kappa shape index (κ1) is 13.8. The number of hydroxylamine groups is 1. The third-order valence-electron chi connectivity index (χ3n) is 3.23. The van der Waals surface area contributed by atoms with Crippen LogP contribution in [0.2, 0.25) is 0 Å². The van der Waals surface area contributed by atoms with Crippen molar-refractivity contribution in [3.05, 3.63) is 70.8 Å². The number of benzene rings is 2. The van der Waals surface area contributed by atoms with Crippen molar-refractivity contribution in [2.24, 2.45) is 0 Å². The van der Waals surface area contributed by atoms with Crippen LogP contribution in [0, 0.1) is 13.8 Å². The van der Waals surface area contributed by atoms with Crippen molar-refractivity contribution in [1.82, 2.24) is 5.48 Å². The van der Waals surface area contributed by atoms with Gasteiger partial charge in [-0.3, -0.25) is 4.84 Å². The van der Waals surface area contributed by atoms with Crippen LogP contribution in [0.15, 0.2) is 48.5 Å². The second-order valence-electron chi connectivity index (χ2n) is 4.97. The van der Waals surface area contributed by atoms with Crippen LogP contribution in [0.25, 0.3) is 0 Å². The lowest BCUT2D eigenvalue weighted by molar-refractivity contribution is 0.00685. The third-order valence-corrected chi connectivity index (χ3v) is 3.23. The summed E-state index contributed by atoms with van der Waals surface area (Å²) in [6.07, 6.45) is 0. The molecule has 19 heavy (non-hydrogen) atoms. The Morgan fingerprint density at radius 1 is 1.05 bits per heavy atom. The largest absolute Gasteiger partial charge is 0.296 e. The first-order chi connectivity index (χ1) is 9.16.